The molecule has 1 heteroatoms. The Morgan fingerprint density at radius 1 is 1.15 bits per heavy atom. The van der Waals surface area contributed by atoms with E-state index in [4.69, 9.17) is 5.11 Å². The van der Waals surface area contributed by atoms with Crippen LogP contribution >= 0.6 is 0 Å². The number of aliphatic hydroxyl groups is 1. The van der Waals surface area contributed by atoms with Crippen molar-refractivity contribution in [3.8, 4) is 0 Å². The van der Waals surface area contributed by atoms with Gasteiger partial charge in [0.1, 0.15) is 0 Å². The molecule has 0 aromatic carbocycles. The van der Waals surface area contributed by atoms with Crippen LogP contribution in [-0.4, -0.2) is 11.7 Å². The Kier molecular flexibility index (Phi) is 3.05. The van der Waals surface area contributed by atoms with E-state index >= 15 is 0 Å². The molecule has 1 nitrogen and oxygen atoms in total. The van der Waals surface area contributed by atoms with Crippen LogP contribution in [0.1, 0.15) is 44.9 Å². The second-order valence-electron chi connectivity index (χ2n) is 4.59. The maximum atomic E-state index is 8.84. The predicted octanol–water partition coefficient (Wildman–Crippen LogP) is 2.90. The van der Waals surface area contributed by atoms with E-state index in [9.17, 15) is 0 Å². The Hall–Kier alpha value is -0.300. The highest BCUT2D eigenvalue weighted by Gasteiger charge is 2.28. The SMILES string of the molecule is OC/C=C1/CCC2CCCCC2C1. The lowest BCUT2D eigenvalue weighted by molar-refractivity contribution is 0.198. The van der Waals surface area contributed by atoms with Crippen molar-refractivity contribution >= 4 is 0 Å². The van der Waals surface area contributed by atoms with E-state index in [1.54, 1.807) is 0 Å². The van der Waals surface area contributed by atoms with Crippen molar-refractivity contribution in [2.24, 2.45) is 11.8 Å². The lowest BCUT2D eigenvalue weighted by Gasteiger charge is -2.36. The summed E-state index contributed by atoms with van der Waals surface area (Å²) in [5, 5.41) is 8.84. The van der Waals surface area contributed by atoms with Gasteiger partial charge < -0.3 is 5.11 Å². The number of hydrogen-bond acceptors (Lipinski definition) is 1. The van der Waals surface area contributed by atoms with Gasteiger partial charge in [0.25, 0.3) is 0 Å². The molecule has 0 aromatic heterocycles. The molecule has 0 spiro atoms. The molecule has 0 amide bonds. The van der Waals surface area contributed by atoms with Gasteiger partial charge in [0, 0.05) is 0 Å². The largest absolute Gasteiger partial charge is 0.392 e. The zero-order valence-corrected chi connectivity index (χ0v) is 8.34. The fourth-order valence-corrected chi connectivity index (χ4v) is 3.06. The van der Waals surface area contributed by atoms with Gasteiger partial charge in [-0.15, -0.1) is 0 Å². The normalized spacial score (nSPS) is 37.5. The lowest BCUT2D eigenvalue weighted by Crippen LogP contribution is -2.24. The van der Waals surface area contributed by atoms with Crippen molar-refractivity contribution < 1.29 is 5.11 Å². The molecule has 1 N–H and O–H groups in total. The van der Waals surface area contributed by atoms with E-state index in [0.29, 0.717) is 0 Å². The first-order valence-electron chi connectivity index (χ1n) is 5.69. The summed E-state index contributed by atoms with van der Waals surface area (Å²) in [7, 11) is 0. The molecule has 13 heavy (non-hydrogen) atoms. The predicted molar refractivity (Wildman–Crippen MR) is 54.5 cm³/mol. The first-order chi connectivity index (χ1) is 6.40. The maximum Gasteiger partial charge on any atom is 0.0615 e. The van der Waals surface area contributed by atoms with Crippen LogP contribution in [0.15, 0.2) is 11.6 Å². The minimum absolute atomic E-state index is 0.243. The summed E-state index contributed by atoms with van der Waals surface area (Å²) in [6.45, 7) is 0.243. The Morgan fingerprint density at radius 2 is 1.92 bits per heavy atom. The molecule has 0 aromatic rings. The summed E-state index contributed by atoms with van der Waals surface area (Å²) in [4.78, 5) is 0. The molecule has 0 bridgehead atoms. The van der Waals surface area contributed by atoms with E-state index in [1.165, 1.54) is 50.5 Å². The minimum Gasteiger partial charge on any atom is -0.392 e. The standard InChI is InChI=1S/C12H20O/c13-8-7-10-5-6-11-3-1-2-4-12(11)9-10/h7,11-13H,1-6,8-9H2/b10-7-. The van der Waals surface area contributed by atoms with Crippen LogP contribution in [0, 0.1) is 11.8 Å². The number of fused-ring (bicyclic) bond motifs is 1. The second-order valence-corrected chi connectivity index (χ2v) is 4.59. The molecule has 74 valence electrons. The van der Waals surface area contributed by atoms with Crippen LogP contribution < -0.4 is 0 Å². The highest BCUT2D eigenvalue weighted by Crippen LogP contribution is 2.42. The Bertz CT molecular complexity index is 195. The first kappa shape index (κ1) is 9.26. The van der Waals surface area contributed by atoms with Crippen molar-refractivity contribution in [2.45, 2.75) is 44.9 Å². The maximum absolute atomic E-state index is 8.84. The smallest absolute Gasteiger partial charge is 0.0615 e. The Balaban J connectivity index is 1.95. The van der Waals surface area contributed by atoms with Gasteiger partial charge in [-0.25, -0.2) is 0 Å². The van der Waals surface area contributed by atoms with E-state index in [-0.39, 0.29) is 6.61 Å². The molecule has 2 saturated carbocycles. The lowest BCUT2D eigenvalue weighted by atomic mass is 9.69. The topological polar surface area (TPSA) is 20.2 Å². The van der Waals surface area contributed by atoms with Gasteiger partial charge in [0.15, 0.2) is 0 Å². The first-order valence-corrected chi connectivity index (χ1v) is 5.69. The molecule has 2 aliphatic rings. The summed E-state index contributed by atoms with van der Waals surface area (Å²) in [5.41, 5.74) is 1.52. The highest BCUT2D eigenvalue weighted by molar-refractivity contribution is 5.07. The zero-order valence-electron chi connectivity index (χ0n) is 8.34. The van der Waals surface area contributed by atoms with E-state index in [2.05, 4.69) is 0 Å². The molecule has 2 unspecified atom stereocenters. The summed E-state index contributed by atoms with van der Waals surface area (Å²) in [5.74, 6) is 1.98. The van der Waals surface area contributed by atoms with Crippen LogP contribution in [0.4, 0.5) is 0 Å². The number of hydrogen-bond donors (Lipinski definition) is 1. The van der Waals surface area contributed by atoms with Crippen LogP contribution in [-0.2, 0) is 0 Å². The van der Waals surface area contributed by atoms with Gasteiger partial charge in [0.2, 0.25) is 0 Å². The van der Waals surface area contributed by atoms with E-state index in [1.807, 2.05) is 6.08 Å². The summed E-state index contributed by atoms with van der Waals surface area (Å²) in [6, 6.07) is 0. The van der Waals surface area contributed by atoms with E-state index < -0.39 is 0 Å². The average Bonchev–Trinajstić information content (AvgIpc) is 2.18. The molecule has 2 atom stereocenters. The van der Waals surface area contributed by atoms with Gasteiger partial charge in [0.05, 0.1) is 6.61 Å². The van der Waals surface area contributed by atoms with Crippen molar-refractivity contribution in [1.29, 1.82) is 0 Å². The Labute approximate surface area is 80.8 Å². The molecule has 2 fully saturated rings. The third-order valence-corrected chi connectivity index (χ3v) is 3.81. The monoisotopic (exact) mass is 180 g/mol. The zero-order chi connectivity index (χ0) is 9.10. The molecule has 0 radical (unpaired) electrons. The fourth-order valence-electron chi connectivity index (χ4n) is 3.06. The molecule has 0 heterocycles. The number of aliphatic hydroxyl groups excluding tert-OH is 1. The molecule has 2 rings (SSSR count). The van der Waals surface area contributed by atoms with Gasteiger partial charge in [-0.05, 0) is 37.5 Å². The Morgan fingerprint density at radius 3 is 2.69 bits per heavy atom. The summed E-state index contributed by atoms with van der Waals surface area (Å²) >= 11 is 0. The molecular weight excluding hydrogens is 160 g/mol. The fraction of sp³-hybridized carbons (Fsp3) is 0.833. The van der Waals surface area contributed by atoms with Crippen LogP contribution in [0.3, 0.4) is 0 Å². The third-order valence-electron chi connectivity index (χ3n) is 3.81. The molecule has 0 aliphatic heterocycles. The summed E-state index contributed by atoms with van der Waals surface area (Å²) < 4.78 is 0. The summed E-state index contributed by atoms with van der Waals surface area (Å²) in [6.07, 6.45) is 11.8. The third kappa shape index (κ3) is 2.14. The average molecular weight is 180 g/mol. The number of rotatable bonds is 1. The van der Waals surface area contributed by atoms with Gasteiger partial charge >= 0.3 is 0 Å². The van der Waals surface area contributed by atoms with E-state index in [0.717, 1.165) is 11.8 Å². The van der Waals surface area contributed by atoms with Gasteiger partial charge in [-0.3, -0.25) is 0 Å². The van der Waals surface area contributed by atoms with Crippen LogP contribution in [0.2, 0.25) is 0 Å². The molecule has 0 saturated heterocycles. The molecular formula is C12H20O. The van der Waals surface area contributed by atoms with Gasteiger partial charge in [-0.1, -0.05) is 30.9 Å². The van der Waals surface area contributed by atoms with Crippen molar-refractivity contribution in [3.63, 3.8) is 0 Å². The van der Waals surface area contributed by atoms with Gasteiger partial charge in [-0.2, -0.15) is 0 Å². The van der Waals surface area contributed by atoms with Crippen molar-refractivity contribution in [2.75, 3.05) is 6.61 Å². The van der Waals surface area contributed by atoms with Crippen LogP contribution in [0.25, 0.3) is 0 Å². The van der Waals surface area contributed by atoms with Crippen molar-refractivity contribution in [3.05, 3.63) is 11.6 Å². The van der Waals surface area contributed by atoms with Crippen LogP contribution in [0.5, 0.6) is 0 Å². The highest BCUT2D eigenvalue weighted by atomic mass is 16.2. The quantitative estimate of drug-likeness (QED) is 0.615. The second kappa shape index (κ2) is 4.28. The number of allylic oxidation sites excluding steroid dienone is 1. The minimum atomic E-state index is 0.243. The van der Waals surface area contributed by atoms with Crippen molar-refractivity contribution in [1.82, 2.24) is 0 Å². The molecule has 2 aliphatic carbocycles.